The van der Waals surface area contributed by atoms with Gasteiger partial charge >= 0.3 is 12.2 Å². The van der Waals surface area contributed by atoms with Crippen LogP contribution in [0.1, 0.15) is 30.8 Å². The number of benzene rings is 1. The predicted octanol–water partition coefficient (Wildman–Crippen LogP) is 3.80. The number of fused-ring (bicyclic) bond motifs is 1. The van der Waals surface area contributed by atoms with E-state index in [1.54, 1.807) is 4.90 Å². The van der Waals surface area contributed by atoms with Gasteiger partial charge in [-0.25, -0.2) is 0 Å². The highest BCUT2D eigenvalue weighted by atomic mass is 32.1. The molecular formula is C20H21F3N6O4S. The van der Waals surface area contributed by atoms with Crippen LogP contribution in [0.4, 0.5) is 30.0 Å². The Morgan fingerprint density at radius 3 is 2.44 bits per heavy atom. The molecule has 3 heterocycles. The summed E-state index contributed by atoms with van der Waals surface area (Å²) in [4.78, 5) is 35.4. The van der Waals surface area contributed by atoms with Crippen LogP contribution in [0.25, 0.3) is 10.1 Å². The molecule has 14 heteroatoms. The third-order valence-corrected chi connectivity index (χ3v) is 6.63. The Bertz CT molecular complexity index is 1300. The molecule has 1 aliphatic heterocycles. The van der Waals surface area contributed by atoms with Gasteiger partial charge in [0.1, 0.15) is 4.70 Å². The van der Waals surface area contributed by atoms with Gasteiger partial charge in [0.25, 0.3) is 11.2 Å². The SMILES string of the molecule is Cc1c(C(F)(F)F)cc2c(=O)nc(N3CCN(c4nc(CC(C)C)no4)CC3)sc2c1[N+](=O)[O-]. The van der Waals surface area contributed by atoms with Crippen LogP contribution in [0.3, 0.4) is 0 Å². The van der Waals surface area contributed by atoms with E-state index >= 15 is 0 Å². The Balaban J connectivity index is 1.63. The Labute approximate surface area is 195 Å². The van der Waals surface area contributed by atoms with Crippen molar-refractivity contribution < 1.29 is 22.6 Å². The molecule has 0 atom stereocenters. The first-order valence-electron chi connectivity index (χ1n) is 10.5. The second kappa shape index (κ2) is 8.81. The number of hydrogen-bond acceptors (Lipinski definition) is 10. The van der Waals surface area contributed by atoms with Gasteiger partial charge < -0.3 is 14.3 Å². The van der Waals surface area contributed by atoms with Crippen molar-refractivity contribution >= 4 is 38.3 Å². The average Bonchev–Trinajstić information content (AvgIpc) is 3.20. The highest BCUT2D eigenvalue weighted by Crippen LogP contribution is 2.41. The first-order chi connectivity index (χ1) is 16.0. The van der Waals surface area contributed by atoms with E-state index in [-0.39, 0.29) is 9.83 Å². The maximum Gasteiger partial charge on any atom is 0.416 e. The lowest BCUT2D eigenvalue weighted by Gasteiger charge is -2.33. The van der Waals surface area contributed by atoms with Crippen LogP contribution in [0.5, 0.6) is 0 Å². The summed E-state index contributed by atoms with van der Waals surface area (Å²) in [6, 6.07) is 1.04. The Morgan fingerprint density at radius 2 is 1.85 bits per heavy atom. The molecule has 182 valence electrons. The molecule has 3 aromatic rings. The van der Waals surface area contributed by atoms with Crippen LogP contribution in [0.2, 0.25) is 0 Å². The van der Waals surface area contributed by atoms with Crippen LogP contribution in [0.15, 0.2) is 15.4 Å². The predicted molar refractivity (Wildman–Crippen MR) is 120 cm³/mol. The van der Waals surface area contributed by atoms with Crippen molar-refractivity contribution in [3.63, 3.8) is 0 Å². The van der Waals surface area contributed by atoms with Gasteiger partial charge in [-0.15, -0.1) is 0 Å². The van der Waals surface area contributed by atoms with Gasteiger partial charge in [0.15, 0.2) is 11.0 Å². The fraction of sp³-hybridized carbons (Fsp3) is 0.500. The minimum Gasteiger partial charge on any atom is -0.344 e. The van der Waals surface area contributed by atoms with Crippen LogP contribution in [0, 0.1) is 23.0 Å². The number of hydrogen-bond donors (Lipinski definition) is 0. The number of halogens is 3. The van der Waals surface area contributed by atoms with Crippen molar-refractivity contribution in [1.29, 1.82) is 0 Å². The zero-order valence-electron chi connectivity index (χ0n) is 18.5. The van der Waals surface area contributed by atoms with Crippen LogP contribution in [-0.2, 0) is 12.6 Å². The minimum absolute atomic E-state index is 0.122. The lowest BCUT2D eigenvalue weighted by Crippen LogP contribution is -2.47. The van der Waals surface area contributed by atoms with Gasteiger partial charge in [-0.3, -0.25) is 14.9 Å². The molecule has 0 aliphatic carbocycles. The van der Waals surface area contributed by atoms with Gasteiger partial charge in [-0.1, -0.05) is 30.3 Å². The molecule has 4 rings (SSSR count). The fourth-order valence-corrected chi connectivity index (χ4v) is 5.03. The normalized spacial score (nSPS) is 14.9. The summed E-state index contributed by atoms with van der Waals surface area (Å²) in [6.45, 7) is 6.89. The molecule has 0 saturated carbocycles. The first-order valence-corrected chi connectivity index (χ1v) is 11.3. The van der Waals surface area contributed by atoms with Gasteiger partial charge in [0.05, 0.1) is 15.9 Å². The van der Waals surface area contributed by atoms with Gasteiger partial charge in [-0.2, -0.15) is 23.1 Å². The van der Waals surface area contributed by atoms with Gasteiger partial charge in [0.2, 0.25) is 0 Å². The van der Waals surface area contributed by atoms with Crippen molar-refractivity contribution in [2.75, 3.05) is 36.0 Å². The molecule has 1 saturated heterocycles. The molecule has 34 heavy (non-hydrogen) atoms. The van der Waals surface area contributed by atoms with E-state index in [4.69, 9.17) is 4.52 Å². The third-order valence-electron chi connectivity index (χ3n) is 5.49. The first kappa shape index (κ1) is 23.9. The van der Waals surface area contributed by atoms with Gasteiger partial charge in [-0.05, 0) is 18.9 Å². The molecular weight excluding hydrogens is 477 g/mol. The number of alkyl halides is 3. The summed E-state index contributed by atoms with van der Waals surface area (Å²) in [6.07, 6.45) is -4.15. The Hall–Kier alpha value is -3.29. The number of rotatable bonds is 5. The van der Waals surface area contributed by atoms with Crippen molar-refractivity contribution in [2.45, 2.75) is 33.4 Å². The maximum atomic E-state index is 13.4. The van der Waals surface area contributed by atoms with E-state index in [0.29, 0.717) is 56.4 Å². The summed E-state index contributed by atoms with van der Waals surface area (Å²) < 4.78 is 45.4. The standard InChI is InChI=1S/C20H21F3N6O4S/c1-10(2)8-14-24-18(33-26-14)27-4-6-28(7-5-27)19-25-17(30)12-9-13(20(21,22)23)11(3)15(29(31)32)16(12)34-19/h9-10H,4-8H2,1-3H3. The summed E-state index contributed by atoms with van der Waals surface area (Å²) in [5.74, 6) is 0.992. The zero-order valence-corrected chi connectivity index (χ0v) is 19.4. The summed E-state index contributed by atoms with van der Waals surface area (Å²) in [7, 11) is 0. The van der Waals surface area contributed by atoms with Crippen molar-refractivity contribution in [1.82, 2.24) is 15.1 Å². The quantitative estimate of drug-likeness (QED) is 0.382. The molecule has 10 nitrogen and oxygen atoms in total. The molecule has 1 fully saturated rings. The van der Waals surface area contributed by atoms with Crippen LogP contribution >= 0.6 is 11.3 Å². The van der Waals surface area contributed by atoms with E-state index < -0.39 is 38.9 Å². The fourth-order valence-electron chi connectivity index (χ4n) is 3.83. The highest BCUT2D eigenvalue weighted by Gasteiger charge is 2.37. The van der Waals surface area contributed by atoms with Gasteiger partial charge in [0, 0.05) is 38.2 Å². The smallest absolute Gasteiger partial charge is 0.344 e. The Morgan fingerprint density at radius 1 is 1.21 bits per heavy atom. The summed E-state index contributed by atoms with van der Waals surface area (Å²) in [5.41, 5.74) is -3.40. The molecule has 0 bridgehead atoms. The van der Waals surface area contributed by atoms with E-state index in [2.05, 4.69) is 15.1 Å². The lowest BCUT2D eigenvalue weighted by atomic mass is 10.0. The molecule has 0 spiro atoms. The number of anilines is 2. The number of nitro benzene ring substituents is 1. The number of nitro groups is 1. The minimum atomic E-state index is -4.83. The highest BCUT2D eigenvalue weighted by molar-refractivity contribution is 7.22. The number of piperazine rings is 1. The molecule has 0 amide bonds. The topological polar surface area (TPSA) is 119 Å². The third kappa shape index (κ3) is 4.54. The molecule has 0 N–H and O–H groups in total. The molecule has 1 aromatic carbocycles. The zero-order chi connectivity index (χ0) is 24.8. The van der Waals surface area contributed by atoms with Crippen molar-refractivity contribution in [3.05, 3.63) is 43.5 Å². The van der Waals surface area contributed by atoms with E-state index in [1.165, 1.54) is 0 Å². The average molecular weight is 498 g/mol. The second-order valence-electron chi connectivity index (χ2n) is 8.40. The van der Waals surface area contributed by atoms with E-state index in [1.807, 2.05) is 18.7 Å². The molecule has 0 unspecified atom stereocenters. The summed E-state index contributed by atoms with van der Waals surface area (Å²) in [5, 5.41) is 15.4. The second-order valence-corrected chi connectivity index (χ2v) is 9.37. The van der Waals surface area contributed by atoms with E-state index in [0.717, 1.165) is 18.3 Å². The van der Waals surface area contributed by atoms with Crippen LogP contribution in [-0.4, -0.2) is 46.2 Å². The lowest BCUT2D eigenvalue weighted by molar-refractivity contribution is -0.383. The largest absolute Gasteiger partial charge is 0.416 e. The van der Waals surface area contributed by atoms with Crippen molar-refractivity contribution in [3.8, 4) is 0 Å². The van der Waals surface area contributed by atoms with E-state index in [9.17, 15) is 28.1 Å². The van der Waals surface area contributed by atoms with Crippen LogP contribution < -0.4 is 15.4 Å². The Kier molecular flexibility index (Phi) is 6.18. The molecule has 1 aliphatic rings. The maximum absolute atomic E-state index is 13.4. The summed E-state index contributed by atoms with van der Waals surface area (Å²) >= 11 is 0.840. The molecule has 2 aromatic heterocycles. The number of nitrogens with zero attached hydrogens (tertiary/aromatic N) is 6. The molecule has 0 radical (unpaired) electrons. The number of aromatic nitrogens is 3. The monoisotopic (exact) mass is 498 g/mol. The van der Waals surface area contributed by atoms with Crippen molar-refractivity contribution in [2.24, 2.45) is 5.92 Å².